The molecule has 0 saturated carbocycles. The summed E-state index contributed by atoms with van der Waals surface area (Å²) in [5.74, 6) is 1.08. The maximum Gasteiger partial charge on any atom is 0.236 e. The third kappa shape index (κ3) is 5.50. The zero-order valence-electron chi connectivity index (χ0n) is 11.5. The van der Waals surface area contributed by atoms with E-state index in [1.807, 2.05) is 19.0 Å². The zero-order valence-corrected chi connectivity index (χ0v) is 11.5. The highest BCUT2D eigenvalue weighted by atomic mass is 16.2. The van der Waals surface area contributed by atoms with E-state index < -0.39 is 0 Å². The van der Waals surface area contributed by atoms with Crippen LogP contribution < -0.4 is 5.32 Å². The molecule has 1 fully saturated rings. The summed E-state index contributed by atoms with van der Waals surface area (Å²) in [6, 6.07) is 0. The molecular formula is C13H27N3O. The largest absolute Gasteiger partial charge is 0.342 e. The Kier molecular flexibility index (Phi) is 6.52. The van der Waals surface area contributed by atoms with Crippen LogP contribution in [0.3, 0.4) is 0 Å². The molecule has 1 aliphatic heterocycles. The molecule has 1 heterocycles. The second-order valence-electron chi connectivity index (χ2n) is 5.26. The Balaban J connectivity index is 2.19. The standard InChI is InChI=1S/C13H27N3O/c1-12-5-9-16(10-6-12)13(17)11-15(3)8-4-7-14-2/h12,14H,4-11H2,1-3H3. The fourth-order valence-corrected chi connectivity index (χ4v) is 2.19. The first-order valence-corrected chi connectivity index (χ1v) is 6.74. The van der Waals surface area contributed by atoms with Gasteiger partial charge in [-0.25, -0.2) is 0 Å². The van der Waals surface area contributed by atoms with Gasteiger partial charge in [-0.2, -0.15) is 0 Å². The van der Waals surface area contributed by atoms with Gasteiger partial charge in [0.2, 0.25) is 5.91 Å². The van der Waals surface area contributed by atoms with Gasteiger partial charge in [-0.3, -0.25) is 9.69 Å². The van der Waals surface area contributed by atoms with E-state index in [0.717, 1.165) is 51.4 Å². The van der Waals surface area contributed by atoms with Gasteiger partial charge in [0.1, 0.15) is 0 Å². The van der Waals surface area contributed by atoms with Crippen LogP contribution in [-0.2, 0) is 4.79 Å². The van der Waals surface area contributed by atoms with Crippen LogP contribution in [0.15, 0.2) is 0 Å². The number of amides is 1. The highest BCUT2D eigenvalue weighted by Crippen LogP contribution is 2.15. The number of likely N-dealkylation sites (N-methyl/N-ethyl adjacent to an activating group) is 1. The Bertz CT molecular complexity index is 225. The van der Waals surface area contributed by atoms with Gasteiger partial charge in [-0.15, -0.1) is 0 Å². The number of rotatable bonds is 6. The number of likely N-dealkylation sites (tertiary alicyclic amines) is 1. The Morgan fingerprint density at radius 1 is 1.41 bits per heavy atom. The predicted octanol–water partition coefficient (Wildman–Crippen LogP) is 0.786. The summed E-state index contributed by atoms with van der Waals surface area (Å²) < 4.78 is 0. The van der Waals surface area contributed by atoms with Crippen molar-refractivity contribution in [3.8, 4) is 0 Å². The molecule has 0 aliphatic carbocycles. The Labute approximate surface area is 105 Å². The van der Waals surface area contributed by atoms with E-state index in [2.05, 4.69) is 17.1 Å². The third-order valence-electron chi connectivity index (χ3n) is 3.51. The van der Waals surface area contributed by atoms with Crippen LogP contribution in [0.25, 0.3) is 0 Å². The Hall–Kier alpha value is -0.610. The molecule has 0 bridgehead atoms. The molecule has 0 atom stereocenters. The molecule has 1 rings (SSSR count). The van der Waals surface area contributed by atoms with Gasteiger partial charge in [0.05, 0.1) is 6.54 Å². The molecule has 4 heteroatoms. The average Bonchev–Trinajstić information content (AvgIpc) is 2.30. The van der Waals surface area contributed by atoms with Crippen molar-refractivity contribution in [3.05, 3.63) is 0 Å². The van der Waals surface area contributed by atoms with Crippen LogP contribution in [0.5, 0.6) is 0 Å². The number of hydrogen-bond acceptors (Lipinski definition) is 3. The van der Waals surface area contributed by atoms with Crippen LogP contribution in [0.4, 0.5) is 0 Å². The number of hydrogen-bond donors (Lipinski definition) is 1. The Morgan fingerprint density at radius 3 is 2.65 bits per heavy atom. The van der Waals surface area contributed by atoms with E-state index in [1.165, 1.54) is 0 Å². The molecule has 17 heavy (non-hydrogen) atoms. The van der Waals surface area contributed by atoms with Crippen LogP contribution in [0, 0.1) is 5.92 Å². The molecule has 0 radical (unpaired) electrons. The molecule has 1 N–H and O–H groups in total. The highest BCUT2D eigenvalue weighted by molar-refractivity contribution is 5.78. The summed E-state index contributed by atoms with van der Waals surface area (Å²) in [6.45, 7) is 6.73. The van der Waals surface area contributed by atoms with E-state index in [1.54, 1.807) is 0 Å². The van der Waals surface area contributed by atoms with Crippen molar-refractivity contribution in [2.75, 3.05) is 46.8 Å². The Morgan fingerprint density at radius 2 is 2.06 bits per heavy atom. The van der Waals surface area contributed by atoms with Crippen LogP contribution in [0.1, 0.15) is 26.2 Å². The van der Waals surface area contributed by atoms with Crippen molar-refractivity contribution in [1.29, 1.82) is 0 Å². The van der Waals surface area contributed by atoms with E-state index in [-0.39, 0.29) is 0 Å². The lowest BCUT2D eigenvalue weighted by Gasteiger charge is -2.31. The molecule has 1 aliphatic rings. The zero-order chi connectivity index (χ0) is 12.7. The number of carbonyl (C=O) groups excluding carboxylic acids is 1. The molecule has 0 aromatic rings. The van der Waals surface area contributed by atoms with Crippen molar-refractivity contribution >= 4 is 5.91 Å². The molecule has 0 spiro atoms. The van der Waals surface area contributed by atoms with Gasteiger partial charge in [-0.05, 0) is 52.4 Å². The first kappa shape index (κ1) is 14.5. The van der Waals surface area contributed by atoms with Crippen molar-refractivity contribution in [3.63, 3.8) is 0 Å². The SMILES string of the molecule is CNCCCN(C)CC(=O)N1CCC(C)CC1. The first-order chi connectivity index (χ1) is 8.13. The smallest absolute Gasteiger partial charge is 0.236 e. The minimum Gasteiger partial charge on any atom is -0.342 e. The number of carbonyl (C=O) groups is 1. The summed E-state index contributed by atoms with van der Waals surface area (Å²) in [6.07, 6.45) is 3.42. The molecule has 100 valence electrons. The van der Waals surface area contributed by atoms with E-state index in [0.29, 0.717) is 12.5 Å². The van der Waals surface area contributed by atoms with Crippen molar-refractivity contribution in [1.82, 2.24) is 15.1 Å². The van der Waals surface area contributed by atoms with Gasteiger partial charge in [-0.1, -0.05) is 6.92 Å². The monoisotopic (exact) mass is 241 g/mol. The van der Waals surface area contributed by atoms with E-state index >= 15 is 0 Å². The lowest BCUT2D eigenvalue weighted by atomic mass is 9.99. The lowest BCUT2D eigenvalue weighted by molar-refractivity contribution is -0.133. The number of piperidine rings is 1. The molecule has 1 saturated heterocycles. The normalized spacial score (nSPS) is 17.8. The molecule has 0 aromatic heterocycles. The molecule has 0 unspecified atom stereocenters. The van der Waals surface area contributed by atoms with Gasteiger partial charge >= 0.3 is 0 Å². The molecular weight excluding hydrogens is 214 g/mol. The van der Waals surface area contributed by atoms with Crippen molar-refractivity contribution in [2.45, 2.75) is 26.2 Å². The van der Waals surface area contributed by atoms with E-state index in [4.69, 9.17) is 0 Å². The van der Waals surface area contributed by atoms with Crippen molar-refractivity contribution in [2.24, 2.45) is 5.92 Å². The first-order valence-electron chi connectivity index (χ1n) is 6.74. The summed E-state index contributed by atoms with van der Waals surface area (Å²) in [5.41, 5.74) is 0. The molecule has 4 nitrogen and oxygen atoms in total. The maximum atomic E-state index is 12.0. The molecule has 0 aromatic carbocycles. The van der Waals surface area contributed by atoms with Crippen LogP contribution in [-0.4, -0.2) is 62.5 Å². The second-order valence-corrected chi connectivity index (χ2v) is 5.26. The minimum absolute atomic E-state index is 0.295. The fraction of sp³-hybridized carbons (Fsp3) is 0.923. The maximum absolute atomic E-state index is 12.0. The fourth-order valence-electron chi connectivity index (χ4n) is 2.19. The van der Waals surface area contributed by atoms with Crippen LogP contribution in [0.2, 0.25) is 0 Å². The average molecular weight is 241 g/mol. The topological polar surface area (TPSA) is 35.6 Å². The quantitative estimate of drug-likeness (QED) is 0.698. The van der Waals surface area contributed by atoms with E-state index in [9.17, 15) is 4.79 Å². The molecule has 1 amide bonds. The minimum atomic E-state index is 0.295. The summed E-state index contributed by atoms with van der Waals surface area (Å²) in [5, 5.41) is 3.12. The number of nitrogens with zero attached hydrogens (tertiary/aromatic N) is 2. The van der Waals surface area contributed by atoms with Gasteiger partial charge in [0.25, 0.3) is 0 Å². The summed E-state index contributed by atoms with van der Waals surface area (Å²) in [4.78, 5) is 16.2. The van der Waals surface area contributed by atoms with Gasteiger partial charge in [0.15, 0.2) is 0 Å². The summed E-state index contributed by atoms with van der Waals surface area (Å²) in [7, 11) is 3.99. The van der Waals surface area contributed by atoms with Crippen molar-refractivity contribution < 1.29 is 4.79 Å². The lowest BCUT2D eigenvalue weighted by Crippen LogP contribution is -2.43. The van der Waals surface area contributed by atoms with Crippen LogP contribution >= 0.6 is 0 Å². The van der Waals surface area contributed by atoms with Gasteiger partial charge in [0, 0.05) is 13.1 Å². The highest BCUT2D eigenvalue weighted by Gasteiger charge is 2.20. The summed E-state index contributed by atoms with van der Waals surface area (Å²) >= 11 is 0. The number of nitrogens with one attached hydrogen (secondary N) is 1. The third-order valence-corrected chi connectivity index (χ3v) is 3.51. The second kappa shape index (κ2) is 7.67. The van der Waals surface area contributed by atoms with Gasteiger partial charge < -0.3 is 10.2 Å². The predicted molar refractivity (Wildman–Crippen MR) is 71.0 cm³/mol.